The molecule has 25 heavy (non-hydrogen) atoms. The number of carbonyl (C=O) groups is 2. The Morgan fingerprint density at radius 2 is 1.40 bits per heavy atom. The molecule has 0 aliphatic heterocycles. The molecular weight excluding hydrogens is 318 g/mol. The zero-order valence-electron chi connectivity index (χ0n) is 13.1. The van der Waals surface area contributed by atoms with Gasteiger partial charge in [0.1, 0.15) is 5.56 Å². The van der Waals surface area contributed by atoms with E-state index in [-0.39, 0.29) is 11.3 Å². The molecule has 5 heteroatoms. The summed E-state index contributed by atoms with van der Waals surface area (Å²) in [6, 6.07) is 20.7. The Labute approximate surface area is 144 Å². The molecule has 124 valence electrons. The number of rotatable bonds is 4. The highest BCUT2D eigenvalue weighted by molar-refractivity contribution is 6.10. The van der Waals surface area contributed by atoms with Crippen LogP contribution in [0, 0.1) is 0 Å². The minimum Gasteiger partial charge on any atom is -0.505 e. The first-order valence-electron chi connectivity index (χ1n) is 7.59. The van der Waals surface area contributed by atoms with Gasteiger partial charge in [-0.2, -0.15) is 0 Å². The highest BCUT2D eigenvalue weighted by Crippen LogP contribution is 2.29. The molecule has 0 aliphatic carbocycles. The number of carbonyl (C=O) groups excluding carboxylic acids is 1. The van der Waals surface area contributed by atoms with Crippen molar-refractivity contribution >= 4 is 17.6 Å². The van der Waals surface area contributed by atoms with Crippen LogP contribution >= 0.6 is 0 Å². The summed E-state index contributed by atoms with van der Waals surface area (Å²) < 4.78 is 0. The third kappa shape index (κ3) is 3.35. The number of benzene rings is 3. The molecule has 3 aromatic carbocycles. The lowest BCUT2D eigenvalue weighted by molar-refractivity contribution is 0.0693. The first-order valence-corrected chi connectivity index (χ1v) is 7.59. The number of amides is 1. The Morgan fingerprint density at radius 1 is 0.760 bits per heavy atom. The molecule has 3 N–H and O–H groups in total. The standard InChI is InChI=1S/C20H15NO4/c22-18-16(20(24)25)11-6-12-17(18)21-19(23)15-10-5-4-9-14(15)13-7-2-1-3-8-13/h1-12,22H,(H,21,23)(H,24,25). The maximum atomic E-state index is 12.7. The SMILES string of the molecule is O=C(Nc1cccc(C(=O)O)c1O)c1ccccc1-c1ccccc1. The van der Waals surface area contributed by atoms with Gasteiger partial charge in [-0.15, -0.1) is 0 Å². The van der Waals surface area contributed by atoms with E-state index in [1.807, 2.05) is 42.5 Å². The van der Waals surface area contributed by atoms with Crippen LogP contribution in [0.25, 0.3) is 11.1 Å². The topological polar surface area (TPSA) is 86.6 Å². The molecule has 0 spiro atoms. The fraction of sp³-hybridized carbons (Fsp3) is 0. The zero-order valence-corrected chi connectivity index (χ0v) is 13.1. The van der Waals surface area contributed by atoms with E-state index >= 15 is 0 Å². The number of phenols is 1. The summed E-state index contributed by atoms with van der Waals surface area (Å²) in [5.41, 5.74) is 1.84. The summed E-state index contributed by atoms with van der Waals surface area (Å²) in [6.07, 6.45) is 0. The molecule has 0 saturated heterocycles. The van der Waals surface area contributed by atoms with E-state index in [0.717, 1.165) is 11.1 Å². The van der Waals surface area contributed by atoms with Crippen LogP contribution < -0.4 is 5.32 Å². The first-order chi connectivity index (χ1) is 12.1. The number of aromatic hydroxyl groups is 1. The molecule has 0 aromatic heterocycles. The van der Waals surface area contributed by atoms with Crippen LogP contribution in [0.4, 0.5) is 5.69 Å². The average Bonchev–Trinajstić information content (AvgIpc) is 2.64. The second-order valence-electron chi connectivity index (χ2n) is 5.37. The van der Waals surface area contributed by atoms with Crippen molar-refractivity contribution in [3.05, 3.63) is 83.9 Å². The molecule has 0 atom stereocenters. The fourth-order valence-electron chi connectivity index (χ4n) is 2.56. The number of aromatic carboxylic acids is 1. The number of carboxylic acids is 1. The van der Waals surface area contributed by atoms with Crippen molar-refractivity contribution in [2.24, 2.45) is 0 Å². The predicted octanol–water partition coefficient (Wildman–Crippen LogP) is 4.01. The van der Waals surface area contributed by atoms with Crippen LogP contribution in [0.2, 0.25) is 0 Å². The molecule has 0 aliphatic rings. The summed E-state index contributed by atoms with van der Waals surface area (Å²) in [6.45, 7) is 0. The number of nitrogens with one attached hydrogen (secondary N) is 1. The molecule has 0 saturated carbocycles. The van der Waals surface area contributed by atoms with Crippen LogP contribution in [0.1, 0.15) is 20.7 Å². The van der Waals surface area contributed by atoms with Gasteiger partial charge in [-0.1, -0.05) is 54.6 Å². The number of hydrogen-bond acceptors (Lipinski definition) is 3. The second-order valence-corrected chi connectivity index (χ2v) is 5.37. The summed E-state index contributed by atoms with van der Waals surface area (Å²) in [4.78, 5) is 23.8. The van der Waals surface area contributed by atoms with Gasteiger partial charge < -0.3 is 15.5 Å². The lowest BCUT2D eigenvalue weighted by Gasteiger charge is -2.12. The maximum absolute atomic E-state index is 12.7. The minimum atomic E-state index is -1.27. The van der Waals surface area contributed by atoms with E-state index in [1.165, 1.54) is 18.2 Å². The normalized spacial score (nSPS) is 10.2. The van der Waals surface area contributed by atoms with Gasteiger partial charge >= 0.3 is 5.97 Å². The van der Waals surface area contributed by atoms with Gasteiger partial charge in [-0.25, -0.2) is 4.79 Å². The third-order valence-electron chi connectivity index (χ3n) is 3.77. The smallest absolute Gasteiger partial charge is 0.339 e. The Balaban J connectivity index is 1.96. The van der Waals surface area contributed by atoms with E-state index < -0.39 is 17.6 Å². The van der Waals surface area contributed by atoms with Gasteiger partial charge in [0, 0.05) is 5.56 Å². The van der Waals surface area contributed by atoms with Crippen molar-refractivity contribution in [3.63, 3.8) is 0 Å². The van der Waals surface area contributed by atoms with Gasteiger partial charge in [0.25, 0.3) is 5.91 Å². The van der Waals surface area contributed by atoms with E-state index in [0.29, 0.717) is 5.56 Å². The largest absolute Gasteiger partial charge is 0.505 e. The van der Waals surface area contributed by atoms with E-state index in [2.05, 4.69) is 5.32 Å². The van der Waals surface area contributed by atoms with Crippen LogP contribution in [0.3, 0.4) is 0 Å². The molecule has 3 aromatic rings. The summed E-state index contributed by atoms with van der Waals surface area (Å²) in [5.74, 6) is -2.17. The van der Waals surface area contributed by atoms with E-state index in [1.54, 1.807) is 12.1 Å². The van der Waals surface area contributed by atoms with Crippen molar-refractivity contribution in [2.75, 3.05) is 5.32 Å². The molecule has 0 unspecified atom stereocenters. The van der Waals surface area contributed by atoms with Crippen molar-refractivity contribution in [2.45, 2.75) is 0 Å². The van der Waals surface area contributed by atoms with Crippen LogP contribution in [-0.4, -0.2) is 22.1 Å². The third-order valence-corrected chi connectivity index (χ3v) is 3.77. The lowest BCUT2D eigenvalue weighted by Crippen LogP contribution is -2.14. The van der Waals surface area contributed by atoms with Crippen LogP contribution in [0.15, 0.2) is 72.8 Å². The molecule has 1 amide bonds. The Bertz CT molecular complexity index is 935. The summed E-state index contributed by atoms with van der Waals surface area (Å²) in [5, 5.41) is 21.7. The highest BCUT2D eigenvalue weighted by atomic mass is 16.4. The van der Waals surface area contributed by atoms with Gasteiger partial charge in [0.2, 0.25) is 0 Å². The molecule has 3 rings (SSSR count). The Kier molecular flexibility index (Phi) is 4.48. The van der Waals surface area contributed by atoms with Crippen LogP contribution in [-0.2, 0) is 0 Å². The van der Waals surface area contributed by atoms with Crippen molar-refractivity contribution in [3.8, 4) is 16.9 Å². The first kappa shape index (κ1) is 16.3. The van der Waals surface area contributed by atoms with Gasteiger partial charge in [-0.3, -0.25) is 4.79 Å². The monoisotopic (exact) mass is 333 g/mol. The van der Waals surface area contributed by atoms with Crippen molar-refractivity contribution in [1.29, 1.82) is 0 Å². The number of hydrogen-bond donors (Lipinski definition) is 3. The van der Waals surface area contributed by atoms with Crippen molar-refractivity contribution in [1.82, 2.24) is 0 Å². The predicted molar refractivity (Wildman–Crippen MR) is 94.9 cm³/mol. The highest BCUT2D eigenvalue weighted by Gasteiger charge is 2.17. The van der Waals surface area contributed by atoms with Gasteiger partial charge in [0.15, 0.2) is 5.75 Å². The summed E-state index contributed by atoms with van der Waals surface area (Å²) >= 11 is 0. The molecule has 0 bridgehead atoms. The molecule has 0 radical (unpaired) electrons. The summed E-state index contributed by atoms with van der Waals surface area (Å²) in [7, 11) is 0. The van der Waals surface area contributed by atoms with Gasteiger partial charge in [-0.05, 0) is 29.3 Å². The van der Waals surface area contributed by atoms with E-state index in [4.69, 9.17) is 5.11 Å². The molecule has 0 fully saturated rings. The number of carboxylic acid groups (broad SMARTS) is 1. The molecular formula is C20H15NO4. The maximum Gasteiger partial charge on any atom is 0.339 e. The van der Waals surface area contributed by atoms with E-state index in [9.17, 15) is 14.7 Å². The minimum absolute atomic E-state index is 0.0489. The van der Waals surface area contributed by atoms with Crippen LogP contribution in [0.5, 0.6) is 5.75 Å². The number of anilines is 1. The van der Waals surface area contributed by atoms with Crippen molar-refractivity contribution < 1.29 is 19.8 Å². The average molecular weight is 333 g/mol. The Morgan fingerprint density at radius 3 is 2.12 bits per heavy atom. The lowest BCUT2D eigenvalue weighted by atomic mass is 9.99. The second kappa shape index (κ2) is 6.88. The number of para-hydroxylation sites is 1. The van der Waals surface area contributed by atoms with Gasteiger partial charge in [0.05, 0.1) is 5.69 Å². The Hall–Kier alpha value is -3.60. The molecule has 5 nitrogen and oxygen atoms in total. The fourth-order valence-corrected chi connectivity index (χ4v) is 2.56. The quantitative estimate of drug-likeness (QED) is 0.630. The zero-order chi connectivity index (χ0) is 17.8. The molecule has 0 heterocycles.